The minimum Gasteiger partial charge on any atom is -0.457 e. The van der Waals surface area contributed by atoms with Crippen molar-refractivity contribution in [2.75, 3.05) is 4.90 Å². The minimum atomic E-state index is -0.657. The largest absolute Gasteiger partial charge is 0.457 e. The molecule has 60 heavy (non-hydrogen) atoms. The Morgan fingerprint density at radius 3 is 1.60 bits per heavy atom. The lowest BCUT2D eigenvalue weighted by Crippen LogP contribution is -2.33. The quantitative estimate of drug-likeness (QED) is 0.173. The number of fused-ring (bicyclic) bond motifs is 12. The molecule has 1 spiro atoms. The van der Waals surface area contributed by atoms with E-state index in [2.05, 4.69) is 231 Å². The van der Waals surface area contributed by atoms with Gasteiger partial charge in [-0.25, -0.2) is 0 Å². The number of hydrogen-bond donors (Lipinski definition) is 0. The molecule has 0 saturated heterocycles. The fourth-order valence-corrected chi connectivity index (χ4v) is 10.7. The van der Waals surface area contributed by atoms with Gasteiger partial charge in [0.1, 0.15) is 11.5 Å². The molecular weight excluding hydrogens is 727 g/mol. The molecule has 1 heterocycles. The van der Waals surface area contributed by atoms with Gasteiger partial charge in [0, 0.05) is 33.4 Å². The van der Waals surface area contributed by atoms with Gasteiger partial charge in [0.25, 0.3) is 0 Å². The van der Waals surface area contributed by atoms with Crippen LogP contribution in [0.2, 0.25) is 0 Å². The van der Waals surface area contributed by atoms with Crippen molar-refractivity contribution >= 4 is 17.1 Å². The molecule has 0 saturated carbocycles. The molecule has 2 heteroatoms. The average molecular weight is 768 g/mol. The lowest BCUT2D eigenvalue weighted by molar-refractivity contribution is 0.436. The van der Waals surface area contributed by atoms with E-state index < -0.39 is 5.41 Å². The van der Waals surface area contributed by atoms with Crippen LogP contribution in [-0.4, -0.2) is 0 Å². The Hall–Kier alpha value is -7.42. The van der Waals surface area contributed by atoms with Crippen molar-refractivity contribution in [3.8, 4) is 56.0 Å². The summed E-state index contributed by atoms with van der Waals surface area (Å²) in [6, 6.07) is 78.0. The highest BCUT2D eigenvalue weighted by Gasteiger charge is 2.53. The van der Waals surface area contributed by atoms with E-state index in [0.717, 1.165) is 50.8 Å². The van der Waals surface area contributed by atoms with Gasteiger partial charge in [-0.1, -0.05) is 184 Å². The number of nitrogens with zero attached hydrogens (tertiary/aromatic N) is 1. The first-order valence-electron chi connectivity index (χ1n) is 20.9. The van der Waals surface area contributed by atoms with Crippen molar-refractivity contribution in [2.24, 2.45) is 0 Å². The van der Waals surface area contributed by atoms with E-state index in [9.17, 15) is 0 Å². The predicted molar refractivity (Wildman–Crippen MR) is 247 cm³/mol. The number of anilines is 3. The zero-order valence-electron chi connectivity index (χ0n) is 33.6. The Kier molecular flexibility index (Phi) is 7.52. The van der Waals surface area contributed by atoms with Crippen LogP contribution in [0.15, 0.2) is 212 Å². The first-order valence-corrected chi connectivity index (χ1v) is 20.9. The zero-order valence-corrected chi connectivity index (χ0v) is 33.6. The van der Waals surface area contributed by atoms with Gasteiger partial charge in [0.15, 0.2) is 0 Å². The van der Waals surface area contributed by atoms with Crippen LogP contribution < -0.4 is 9.64 Å². The molecule has 0 N–H and O–H groups in total. The van der Waals surface area contributed by atoms with E-state index in [-0.39, 0.29) is 5.41 Å². The molecule has 0 bridgehead atoms. The summed E-state index contributed by atoms with van der Waals surface area (Å²) in [6.07, 6.45) is 0. The topological polar surface area (TPSA) is 12.5 Å². The molecule has 0 aromatic heterocycles. The van der Waals surface area contributed by atoms with E-state index >= 15 is 0 Å². The van der Waals surface area contributed by atoms with Gasteiger partial charge >= 0.3 is 0 Å². The molecule has 2 nitrogen and oxygen atoms in total. The molecule has 284 valence electrons. The Bertz CT molecular complexity index is 3110. The molecule has 0 fully saturated rings. The zero-order chi connectivity index (χ0) is 40.0. The summed E-state index contributed by atoms with van der Waals surface area (Å²) in [4.78, 5) is 2.56. The van der Waals surface area contributed by atoms with E-state index in [4.69, 9.17) is 4.74 Å². The van der Waals surface area contributed by atoms with Crippen molar-refractivity contribution in [3.63, 3.8) is 0 Å². The van der Waals surface area contributed by atoms with E-state index in [0.29, 0.717) is 0 Å². The summed E-state index contributed by atoms with van der Waals surface area (Å²) in [5, 5.41) is 0. The molecular formula is C58H41NO. The Labute approximate surface area is 351 Å². The minimum absolute atomic E-state index is 0.179. The summed E-state index contributed by atoms with van der Waals surface area (Å²) in [7, 11) is 0. The van der Waals surface area contributed by atoms with E-state index in [1.54, 1.807) is 0 Å². The summed E-state index contributed by atoms with van der Waals surface area (Å²) >= 11 is 0. The number of para-hydroxylation sites is 2. The smallest absolute Gasteiger partial charge is 0.132 e. The highest BCUT2D eigenvalue weighted by atomic mass is 16.5. The van der Waals surface area contributed by atoms with Crippen LogP contribution >= 0.6 is 0 Å². The molecule has 9 aromatic carbocycles. The molecule has 1 aliphatic heterocycles. The lowest BCUT2D eigenvalue weighted by atomic mass is 9.65. The lowest BCUT2D eigenvalue weighted by Gasteiger charge is -2.41. The highest BCUT2D eigenvalue weighted by molar-refractivity contribution is 5.99. The van der Waals surface area contributed by atoms with Crippen LogP contribution in [0, 0.1) is 0 Å². The van der Waals surface area contributed by atoms with Crippen molar-refractivity contribution in [1.29, 1.82) is 0 Å². The summed E-state index contributed by atoms with van der Waals surface area (Å²) in [5.41, 5.74) is 19.8. The number of benzene rings is 9. The third-order valence-corrected chi connectivity index (χ3v) is 13.3. The Balaban J connectivity index is 1.21. The highest BCUT2D eigenvalue weighted by Crippen LogP contribution is 2.65. The van der Waals surface area contributed by atoms with Crippen LogP contribution in [-0.2, 0) is 10.8 Å². The molecule has 0 unspecified atom stereocenters. The van der Waals surface area contributed by atoms with E-state index in [1.807, 2.05) is 0 Å². The summed E-state index contributed by atoms with van der Waals surface area (Å²) < 4.78 is 6.79. The van der Waals surface area contributed by atoms with Crippen LogP contribution in [0.3, 0.4) is 0 Å². The van der Waals surface area contributed by atoms with Gasteiger partial charge in [0.2, 0.25) is 0 Å². The molecule has 9 aromatic rings. The molecule has 0 radical (unpaired) electrons. The fourth-order valence-electron chi connectivity index (χ4n) is 10.7. The van der Waals surface area contributed by atoms with Crippen molar-refractivity contribution in [3.05, 3.63) is 246 Å². The second kappa shape index (κ2) is 13.0. The Morgan fingerprint density at radius 1 is 0.350 bits per heavy atom. The van der Waals surface area contributed by atoms with Crippen LogP contribution in [0.25, 0.3) is 44.5 Å². The monoisotopic (exact) mass is 767 g/mol. The maximum absolute atomic E-state index is 6.79. The molecule has 12 rings (SSSR count). The van der Waals surface area contributed by atoms with Crippen LogP contribution in [0.5, 0.6) is 11.5 Å². The molecule has 3 aliphatic rings. The van der Waals surface area contributed by atoms with Gasteiger partial charge in [0.05, 0.1) is 16.8 Å². The first kappa shape index (κ1) is 34.6. The number of ether oxygens (including phenoxy) is 1. The van der Waals surface area contributed by atoms with Gasteiger partial charge in [-0.15, -0.1) is 0 Å². The molecule has 0 amide bonds. The summed E-state index contributed by atoms with van der Waals surface area (Å²) in [5.74, 6) is 1.77. The van der Waals surface area contributed by atoms with Crippen molar-refractivity contribution in [2.45, 2.75) is 24.7 Å². The first-order chi connectivity index (χ1) is 29.5. The van der Waals surface area contributed by atoms with Gasteiger partial charge < -0.3 is 9.64 Å². The van der Waals surface area contributed by atoms with Gasteiger partial charge in [-0.2, -0.15) is 0 Å². The van der Waals surface area contributed by atoms with Gasteiger partial charge in [-0.05, 0) is 98.1 Å². The third-order valence-electron chi connectivity index (χ3n) is 13.3. The standard InChI is InChI=1S/C58H41NO/c1-57(2)47-25-11-9-22-42(47)44-34-33-41(37-51(44)57)59(52-35-32-40(38-18-5-3-6-19-38)36-46(52)39-20-7-4-8-21-39)53-29-17-24-45-43-23-10-12-26-48(43)58(56(45)53)49-27-13-15-30-54(49)60-55-31-16-14-28-50(55)58/h3-37H,1-2H3. The van der Waals surface area contributed by atoms with Crippen molar-refractivity contribution < 1.29 is 4.74 Å². The maximum Gasteiger partial charge on any atom is 0.132 e. The molecule has 2 aliphatic carbocycles. The number of hydrogen-bond acceptors (Lipinski definition) is 2. The normalized spacial score (nSPS) is 14.2. The van der Waals surface area contributed by atoms with E-state index in [1.165, 1.54) is 55.6 Å². The summed E-state index contributed by atoms with van der Waals surface area (Å²) in [6.45, 7) is 4.75. The van der Waals surface area contributed by atoms with Crippen molar-refractivity contribution in [1.82, 2.24) is 0 Å². The second-order valence-corrected chi connectivity index (χ2v) is 16.8. The average Bonchev–Trinajstić information content (AvgIpc) is 3.73. The SMILES string of the molecule is CC1(C)c2ccccc2-c2ccc(N(c3ccc(-c4ccccc4)cc3-c3ccccc3)c3cccc4c3C3(c5ccccc5Oc5ccccc53)c3ccccc3-4)cc21. The Morgan fingerprint density at radius 2 is 0.900 bits per heavy atom. The van der Waals surface area contributed by atoms with Crippen LogP contribution in [0.1, 0.15) is 47.2 Å². The fraction of sp³-hybridized carbons (Fsp3) is 0.0690. The molecule has 0 atom stereocenters. The van der Waals surface area contributed by atoms with Gasteiger partial charge in [-0.3, -0.25) is 0 Å². The number of rotatable bonds is 5. The second-order valence-electron chi connectivity index (χ2n) is 16.8. The predicted octanol–water partition coefficient (Wildman–Crippen LogP) is 15.3. The third kappa shape index (κ3) is 4.82. The van der Waals surface area contributed by atoms with Crippen LogP contribution in [0.4, 0.5) is 17.1 Å². The maximum atomic E-state index is 6.79.